The summed E-state index contributed by atoms with van der Waals surface area (Å²) in [7, 11) is 0. The molecule has 2 amide bonds. The number of hydrogen-bond donors (Lipinski definition) is 1. The van der Waals surface area contributed by atoms with Crippen molar-refractivity contribution in [3.63, 3.8) is 0 Å². The van der Waals surface area contributed by atoms with Crippen LogP contribution in [0, 0.1) is 10.8 Å². The van der Waals surface area contributed by atoms with Gasteiger partial charge in [-0.25, -0.2) is 0 Å². The van der Waals surface area contributed by atoms with Crippen molar-refractivity contribution < 1.29 is 14.7 Å². The Morgan fingerprint density at radius 2 is 1.69 bits per heavy atom. The second-order valence-corrected chi connectivity index (χ2v) is 6.05. The van der Waals surface area contributed by atoms with Crippen LogP contribution in [-0.4, -0.2) is 35.0 Å². The summed E-state index contributed by atoms with van der Waals surface area (Å²) in [5.74, 6) is -0.165. The van der Waals surface area contributed by atoms with E-state index in [1.165, 1.54) is 4.90 Å². The number of imide groups is 1. The molecule has 1 saturated heterocycles. The van der Waals surface area contributed by atoms with Gasteiger partial charge < -0.3 is 5.11 Å². The number of carbonyl (C=O) groups is 2. The molecule has 1 aliphatic heterocycles. The van der Waals surface area contributed by atoms with E-state index in [0.29, 0.717) is 19.4 Å². The highest BCUT2D eigenvalue weighted by Gasteiger charge is 2.47. The standard InChI is InChI=1S/C12H19NO3/c1-11(2)5-9(15)13(10(16)6-11)7-12(8-14)3-4-12/h14H,3-8H2,1-2H3. The number of aliphatic hydroxyl groups excluding tert-OH is 1. The number of rotatable bonds is 3. The van der Waals surface area contributed by atoms with E-state index in [0.717, 1.165) is 12.8 Å². The molecule has 0 spiro atoms. The maximum absolute atomic E-state index is 11.9. The summed E-state index contributed by atoms with van der Waals surface area (Å²) in [6.07, 6.45) is 2.70. The third-order valence-corrected chi connectivity index (χ3v) is 3.65. The lowest BCUT2D eigenvalue weighted by molar-refractivity contribution is -0.153. The van der Waals surface area contributed by atoms with Crippen LogP contribution in [-0.2, 0) is 9.59 Å². The molecule has 0 atom stereocenters. The molecule has 0 aromatic rings. The van der Waals surface area contributed by atoms with Crippen LogP contribution < -0.4 is 0 Å². The zero-order valence-electron chi connectivity index (χ0n) is 9.95. The van der Waals surface area contributed by atoms with Crippen LogP contribution in [0.3, 0.4) is 0 Å². The van der Waals surface area contributed by atoms with Crippen LogP contribution in [0.1, 0.15) is 39.5 Å². The molecule has 16 heavy (non-hydrogen) atoms. The third kappa shape index (κ3) is 2.12. The highest BCUT2D eigenvalue weighted by molar-refractivity contribution is 5.98. The minimum atomic E-state index is -0.208. The van der Waals surface area contributed by atoms with Crippen molar-refractivity contribution in [2.45, 2.75) is 39.5 Å². The van der Waals surface area contributed by atoms with Gasteiger partial charge in [-0.1, -0.05) is 13.8 Å². The molecule has 0 radical (unpaired) electrons. The summed E-state index contributed by atoms with van der Waals surface area (Å²) in [6, 6.07) is 0. The first kappa shape index (κ1) is 11.6. The van der Waals surface area contributed by atoms with Gasteiger partial charge in [-0.05, 0) is 18.3 Å². The first-order valence-corrected chi connectivity index (χ1v) is 5.82. The molecule has 1 N–H and O–H groups in total. The minimum absolute atomic E-state index is 0.0768. The molecule has 0 aromatic carbocycles. The highest BCUT2D eigenvalue weighted by atomic mass is 16.3. The molecule has 2 rings (SSSR count). The van der Waals surface area contributed by atoms with Gasteiger partial charge in [-0.2, -0.15) is 0 Å². The second-order valence-electron chi connectivity index (χ2n) is 6.05. The third-order valence-electron chi connectivity index (χ3n) is 3.65. The van der Waals surface area contributed by atoms with Gasteiger partial charge in [0.05, 0.1) is 6.61 Å². The van der Waals surface area contributed by atoms with Gasteiger partial charge in [0.2, 0.25) is 11.8 Å². The molecular formula is C12H19NO3. The van der Waals surface area contributed by atoms with Crippen molar-refractivity contribution in [2.75, 3.05) is 13.2 Å². The van der Waals surface area contributed by atoms with Crippen LogP contribution in [0.5, 0.6) is 0 Å². The van der Waals surface area contributed by atoms with Crippen LogP contribution in [0.25, 0.3) is 0 Å². The largest absolute Gasteiger partial charge is 0.396 e. The monoisotopic (exact) mass is 225 g/mol. The van der Waals surface area contributed by atoms with E-state index >= 15 is 0 Å². The van der Waals surface area contributed by atoms with E-state index in [-0.39, 0.29) is 29.3 Å². The fourth-order valence-electron chi connectivity index (χ4n) is 2.27. The first-order valence-electron chi connectivity index (χ1n) is 5.82. The van der Waals surface area contributed by atoms with Crippen molar-refractivity contribution in [3.8, 4) is 0 Å². The van der Waals surface area contributed by atoms with Crippen molar-refractivity contribution in [1.29, 1.82) is 0 Å². The lowest BCUT2D eigenvalue weighted by Crippen LogP contribution is -2.48. The number of hydrogen-bond acceptors (Lipinski definition) is 3. The molecule has 4 nitrogen and oxygen atoms in total. The summed E-state index contributed by atoms with van der Waals surface area (Å²) in [5, 5.41) is 9.21. The molecule has 1 saturated carbocycles. The Bertz CT molecular complexity index is 311. The summed E-state index contributed by atoms with van der Waals surface area (Å²) in [4.78, 5) is 25.1. The molecule has 0 unspecified atom stereocenters. The van der Waals surface area contributed by atoms with E-state index < -0.39 is 0 Å². The Hall–Kier alpha value is -0.900. The average Bonchev–Trinajstić information content (AvgIpc) is 2.91. The first-order chi connectivity index (χ1) is 7.37. The maximum Gasteiger partial charge on any atom is 0.229 e. The van der Waals surface area contributed by atoms with Gasteiger partial charge in [0.15, 0.2) is 0 Å². The predicted molar refractivity (Wildman–Crippen MR) is 58.5 cm³/mol. The minimum Gasteiger partial charge on any atom is -0.396 e. The Morgan fingerprint density at radius 1 is 1.19 bits per heavy atom. The topological polar surface area (TPSA) is 57.6 Å². The van der Waals surface area contributed by atoms with E-state index in [1.54, 1.807) is 0 Å². The smallest absolute Gasteiger partial charge is 0.229 e. The van der Waals surface area contributed by atoms with E-state index in [1.807, 2.05) is 13.8 Å². The Kier molecular flexibility index (Phi) is 2.57. The molecule has 1 aliphatic carbocycles. The molecule has 2 fully saturated rings. The van der Waals surface area contributed by atoms with Gasteiger partial charge >= 0.3 is 0 Å². The number of aliphatic hydroxyl groups is 1. The second kappa shape index (κ2) is 3.55. The van der Waals surface area contributed by atoms with E-state index in [2.05, 4.69) is 0 Å². The van der Waals surface area contributed by atoms with Crippen LogP contribution in [0.4, 0.5) is 0 Å². The summed E-state index contributed by atoms with van der Waals surface area (Å²) < 4.78 is 0. The number of likely N-dealkylation sites (tertiary alicyclic amines) is 1. The maximum atomic E-state index is 11.9. The SMILES string of the molecule is CC1(C)CC(=O)N(CC2(CO)CC2)C(=O)C1. The van der Waals surface area contributed by atoms with Crippen molar-refractivity contribution in [1.82, 2.24) is 4.90 Å². The van der Waals surface area contributed by atoms with Gasteiger partial charge in [0.1, 0.15) is 0 Å². The molecular weight excluding hydrogens is 206 g/mol. The van der Waals surface area contributed by atoms with Crippen LogP contribution in [0.2, 0.25) is 0 Å². The highest BCUT2D eigenvalue weighted by Crippen LogP contribution is 2.46. The van der Waals surface area contributed by atoms with Gasteiger partial charge in [-0.15, -0.1) is 0 Å². The molecule has 90 valence electrons. The zero-order valence-corrected chi connectivity index (χ0v) is 9.95. The fourth-order valence-corrected chi connectivity index (χ4v) is 2.27. The lowest BCUT2D eigenvalue weighted by atomic mass is 9.81. The predicted octanol–water partition coefficient (Wildman–Crippen LogP) is 0.934. The van der Waals surface area contributed by atoms with Gasteiger partial charge in [0.25, 0.3) is 0 Å². The van der Waals surface area contributed by atoms with Crippen LogP contribution in [0.15, 0.2) is 0 Å². The number of piperidine rings is 1. The molecule has 0 aromatic heterocycles. The Labute approximate surface area is 95.6 Å². The number of carbonyl (C=O) groups excluding carboxylic acids is 2. The van der Waals surface area contributed by atoms with Crippen molar-refractivity contribution in [2.24, 2.45) is 10.8 Å². The molecule has 4 heteroatoms. The normalized spacial score (nSPS) is 27.1. The average molecular weight is 225 g/mol. The summed E-state index contributed by atoms with van der Waals surface area (Å²) >= 11 is 0. The number of nitrogens with zero attached hydrogens (tertiary/aromatic N) is 1. The van der Waals surface area contributed by atoms with Crippen LogP contribution >= 0.6 is 0 Å². The Balaban J connectivity index is 2.05. The molecule has 1 heterocycles. The Morgan fingerprint density at radius 3 is 2.06 bits per heavy atom. The quantitative estimate of drug-likeness (QED) is 0.727. The molecule has 0 bridgehead atoms. The fraction of sp³-hybridized carbons (Fsp3) is 0.833. The summed E-state index contributed by atoms with van der Waals surface area (Å²) in [5.41, 5.74) is -0.382. The van der Waals surface area contributed by atoms with E-state index in [9.17, 15) is 14.7 Å². The van der Waals surface area contributed by atoms with Crippen molar-refractivity contribution >= 4 is 11.8 Å². The summed E-state index contributed by atoms with van der Waals surface area (Å²) in [6.45, 7) is 4.38. The number of amides is 2. The lowest BCUT2D eigenvalue weighted by Gasteiger charge is -2.36. The van der Waals surface area contributed by atoms with Gasteiger partial charge in [0, 0.05) is 24.8 Å². The zero-order chi connectivity index (χ0) is 12.0. The molecule has 2 aliphatic rings. The van der Waals surface area contributed by atoms with Crippen molar-refractivity contribution in [3.05, 3.63) is 0 Å². The van der Waals surface area contributed by atoms with Gasteiger partial charge in [-0.3, -0.25) is 14.5 Å². The van der Waals surface area contributed by atoms with E-state index in [4.69, 9.17) is 0 Å².